The van der Waals surface area contributed by atoms with Crippen LogP contribution >= 0.6 is 15.9 Å². The summed E-state index contributed by atoms with van der Waals surface area (Å²) in [4.78, 5) is 0.302. The Bertz CT molecular complexity index is 576. The monoisotopic (exact) mass is 378 g/mol. The van der Waals surface area contributed by atoms with Crippen molar-refractivity contribution in [3.63, 3.8) is 0 Å². The number of benzene rings is 1. The Morgan fingerprint density at radius 3 is 2.57 bits per heavy atom. The van der Waals surface area contributed by atoms with Gasteiger partial charge in [-0.15, -0.1) is 0 Å². The Morgan fingerprint density at radius 1 is 1.38 bits per heavy atom. The molecule has 1 aromatic carbocycles. The third-order valence-electron chi connectivity index (χ3n) is 3.21. The van der Waals surface area contributed by atoms with Crippen molar-refractivity contribution >= 4 is 26.0 Å². The van der Waals surface area contributed by atoms with Gasteiger partial charge in [-0.05, 0) is 43.7 Å². The molecule has 0 aliphatic rings. The summed E-state index contributed by atoms with van der Waals surface area (Å²) in [6.07, 6.45) is 0.670. The average Bonchev–Trinajstić information content (AvgIpc) is 2.42. The molecule has 1 unspecified atom stereocenters. The van der Waals surface area contributed by atoms with E-state index in [0.29, 0.717) is 30.0 Å². The lowest BCUT2D eigenvalue weighted by Crippen LogP contribution is -2.37. The molecular weight excluding hydrogens is 356 g/mol. The van der Waals surface area contributed by atoms with E-state index in [1.54, 1.807) is 20.1 Å². The molecule has 5 nitrogen and oxygen atoms in total. The maximum absolute atomic E-state index is 12.6. The number of nitrogens with one attached hydrogen (secondary N) is 2. The van der Waals surface area contributed by atoms with Gasteiger partial charge in [0.1, 0.15) is 0 Å². The number of sulfonamides is 1. The van der Waals surface area contributed by atoms with E-state index in [-0.39, 0.29) is 6.04 Å². The van der Waals surface area contributed by atoms with Crippen molar-refractivity contribution in [3.05, 3.63) is 27.7 Å². The maximum atomic E-state index is 12.6. The van der Waals surface area contributed by atoms with Crippen molar-refractivity contribution in [2.24, 2.45) is 0 Å². The van der Waals surface area contributed by atoms with Crippen LogP contribution in [0.4, 0.5) is 0 Å². The fourth-order valence-corrected chi connectivity index (χ4v) is 4.27. The van der Waals surface area contributed by atoms with Crippen LogP contribution in [0.1, 0.15) is 24.5 Å². The second kappa shape index (κ2) is 8.24. The fraction of sp³-hybridized carbons (Fsp3) is 0.571. The van der Waals surface area contributed by atoms with Crippen LogP contribution in [0.15, 0.2) is 21.5 Å². The summed E-state index contributed by atoms with van der Waals surface area (Å²) in [6, 6.07) is 3.40. The van der Waals surface area contributed by atoms with Crippen molar-refractivity contribution in [2.75, 3.05) is 20.8 Å². The molecule has 1 rings (SSSR count). The summed E-state index contributed by atoms with van der Waals surface area (Å²) in [6.45, 7) is 4.67. The SMILES string of the molecule is CCC(COC)NS(=O)(=O)c1cc(CNC)cc(Br)c1C. The summed E-state index contributed by atoms with van der Waals surface area (Å²) in [5, 5.41) is 3.03. The van der Waals surface area contributed by atoms with Crippen LogP contribution in [0.3, 0.4) is 0 Å². The molecule has 0 saturated heterocycles. The molecule has 0 bridgehead atoms. The third-order valence-corrected chi connectivity index (χ3v) is 5.68. The Hall–Kier alpha value is -0.470. The Kier molecular flexibility index (Phi) is 7.29. The van der Waals surface area contributed by atoms with Crippen LogP contribution in [0.2, 0.25) is 0 Å². The van der Waals surface area contributed by atoms with Crippen LogP contribution in [0.5, 0.6) is 0 Å². The van der Waals surface area contributed by atoms with Gasteiger partial charge in [0.15, 0.2) is 0 Å². The average molecular weight is 379 g/mol. The van der Waals surface area contributed by atoms with E-state index in [2.05, 4.69) is 26.0 Å². The normalized spacial score (nSPS) is 13.4. The maximum Gasteiger partial charge on any atom is 0.241 e. The molecule has 7 heteroatoms. The second-order valence-corrected chi connectivity index (χ2v) is 7.45. The Morgan fingerprint density at radius 2 is 2.05 bits per heavy atom. The molecule has 1 atom stereocenters. The summed E-state index contributed by atoms with van der Waals surface area (Å²) in [5.74, 6) is 0. The lowest BCUT2D eigenvalue weighted by Gasteiger charge is -2.18. The molecule has 0 spiro atoms. The zero-order chi connectivity index (χ0) is 16.0. The molecular formula is C14H23BrN2O3S. The molecule has 0 amide bonds. The lowest BCUT2D eigenvalue weighted by atomic mass is 10.1. The van der Waals surface area contributed by atoms with Crippen molar-refractivity contribution < 1.29 is 13.2 Å². The highest BCUT2D eigenvalue weighted by molar-refractivity contribution is 9.10. The van der Waals surface area contributed by atoms with E-state index in [9.17, 15) is 8.42 Å². The predicted molar refractivity (Wildman–Crippen MR) is 87.9 cm³/mol. The number of methoxy groups -OCH3 is 1. The van der Waals surface area contributed by atoms with Crippen LogP contribution < -0.4 is 10.0 Å². The minimum Gasteiger partial charge on any atom is -0.383 e. The van der Waals surface area contributed by atoms with E-state index in [4.69, 9.17) is 4.74 Å². The number of hydrogen-bond donors (Lipinski definition) is 2. The molecule has 0 aliphatic carbocycles. The fourth-order valence-electron chi connectivity index (χ4n) is 2.01. The second-order valence-electron chi connectivity index (χ2n) is 4.91. The Balaban J connectivity index is 3.17. The van der Waals surface area contributed by atoms with E-state index in [1.165, 1.54) is 0 Å². The number of rotatable bonds is 8. The molecule has 0 aliphatic heterocycles. The smallest absolute Gasteiger partial charge is 0.241 e. The van der Waals surface area contributed by atoms with Crippen molar-refractivity contribution in [2.45, 2.75) is 37.8 Å². The van der Waals surface area contributed by atoms with Gasteiger partial charge in [0.25, 0.3) is 0 Å². The molecule has 0 aromatic heterocycles. The quantitative estimate of drug-likeness (QED) is 0.727. The molecule has 120 valence electrons. The van der Waals surface area contributed by atoms with Crippen molar-refractivity contribution in [1.29, 1.82) is 0 Å². The summed E-state index contributed by atoms with van der Waals surface area (Å²) < 4.78 is 33.7. The van der Waals surface area contributed by atoms with Crippen LogP contribution in [0.25, 0.3) is 0 Å². The van der Waals surface area contributed by atoms with Gasteiger partial charge in [-0.2, -0.15) is 0 Å². The van der Waals surface area contributed by atoms with E-state index < -0.39 is 10.0 Å². The first-order chi connectivity index (χ1) is 9.85. The zero-order valence-electron chi connectivity index (χ0n) is 12.9. The van der Waals surface area contributed by atoms with Crippen molar-refractivity contribution in [3.8, 4) is 0 Å². The highest BCUT2D eigenvalue weighted by Crippen LogP contribution is 2.26. The topological polar surface area (TPSA) is 67.4 Å². The number of hydrogen-bond acceptors (Lipinski definition) is 4. The molecule has 0 heterocycles. The molecule has 0 fully saturated rings. The van der Waals surface area contributed by atoms with Crippen LogP contribution in [-0.4, -0.2) is 35.2 Å². The lowest BCUT2D eigenvalue weighted by molar-refractivity contribution is 0.173. The predicted octanol–water partition coefficient (Wildman–Crippen LogP) is 2.18. The number of ether oxygens (including phenoxy) is 1. The number of halogens is 1. The minimum atomic E-state index is -3.58. The third kappa shape index (κ3) is 5.03. The van der Waals surface area contributed by atoms with Crippen LogP contribution in [0, 0.1) is 6.92 Å². The first kappa shape index (κ1) is 18.6. The first-order valence-corrected chi connectivity index (χ1v) is 9.08. The highest BCUT2D eigenvalue weighted by Gasteiger charge is 2.22. The van der Waals surface area contributed by atoms with E-state index in [0.717, 1.165) is 10.0 Å². The van der Waals surface area contributed by atoms with Gasteiger partial charge in [-0.25, -0.2) is 13.1 Å². The van der Waals surface area contributed by atoms with Gasteiger partial charge in [0, 0.05) is 24.2 Å². The van der Waals surface area contributed by atoms with Gasteiger partial charge in [0.2, 0.25) is 10.0 Å². The Labute approximate surface area is 135 Å². The van der Waals surface area contributed by atoms with Gasteiger partial charge >= 0.3 is 0 Å². The molecule has 0 saturated carbocycles. The van der Waals surface area contributed by atoms with Gasteiger partial charge in [-0.1, -0.05) is 22.9 Å². The standard InChI is InChI=1S/C14H23BrN2O3S/c1-5-12(9-20-4)17-21(18,19)14-7-11(8-16-3)6-13(15)10(14)2/h6-7,12,16-17H,5,8-9H2,1-4H3. The van der Waals surface area contributed by atoms with E-state index in [1.807, 2.05) is 20.0 Å². The summed E-state index contributed by atoms with van der Waals surface area (Å²) >= 11 is 3.43. The zero-order valence-corrected chi connectivity index (χ0v) is 15.3. The summed E-state index contributed by atoms with van der Waals surface area (Å²) in [5.41, 5.74) is 1.62. The van der Waals surface area contributed by atoms with E-state index >= 15 is 0 Å². The molecule has 21 heavy (non-hydrogen) atoms. The van der Waals surface area contributed by atoms with Gasteiger partial charge in [-0.3, -0.25) is 0 Å². The molecule has 1 aromatic rings. The summed E-state index contributed by atoms with van der Waals surface area (Å²) in [7, 11) is -0.188. The first-order valence-electron chi connectivity index (χ1n) is 6.80. The minimum absolute atomic E-state index is 0.230. The highest BCUT2D eigenvalue weighted by atomic mass is 79.9. The molecule has 2 N–H and O–H groups in total. The largest absolute Gasteiger partial charge is 0.383 e. The van der Waals surface area contributed by atoms with Crippen LogP contribution in [-0.2, 0) is 21.3 Å². The van der Waals surface area contributed by atoms with Gasteiger partial charge in [0.05, 0.1) is 11.5 Å². The van der Waals surface area contributed by atoms with Gasteiger partial charge < -0.3 is 10.1 Å². The molecule has 0 radical (unpaired) electrons. The van der Waals surface area contributed by atoms with Crippen molar-refractivity contribution in [1.82, 2.24) is 10.0 Å².